The molecule has 1 aliphatic rings. The van der Waals surface area contributed by atoms with Gasteiger partial charge in [-0.3, -0.25) is 4.99 Å². The molecular weight excluding hydrogens is 313 g/mol. The topological polar surface area (TPSA) is 41.6 Å². The number of hydrogen-bond donors (Lipinski definition) is 1. The van der Waals surface area contributed by atoms with E-state index in [9.17, 15) is 0 Å². The van der Waals surface area contributed by atoms with Gasteiger partial charge in [-0.1, -0.05) is 20.8 Å². The fraction of sp³-hybridized carbons (Fsp3) is 0.917. The van der Waals surface area contributed by atoms with Gasteiger partial charge < -0.3 is 10.6 Å². The second kappa shape index (κ2) is 8.14. The van der Waals surface area contributed by atoms with Crippen molar-refractivity contribution in [2.75, 3.05) is 19.6 Å². The molecule has 96 valence electrons. The number of nitrogens with zero attached hydrogens (tertiary/aromatic N) is 2. The molecule has 1 aliphatic heterocycles. The van der Waals surface area contributed by atoms with Crippen molar-refractivity contribution in [3.63, 3.8) is 0 Å². The number of nitrogens with two attached hydrogens (primary N) is 1. The van der Waals surface area contributed by atoms with Crippen molar-refractivity contribution in [2.45, 2.75) is 40.0 Å². The van der Waals surface area contributed by atoms with Gasteiger partial charge in [0.15, 0.2) is 5.96 Å². The van der Waals surface area contributed by atoms with Gasteiger partial charge in [0, 0.05) is 19.6 Å². The van der Waals surface area contributed by atoms with Crippen LogP contribution in [-0.2, 0) is 0 Å². The normalized spacial score (nSPS) is 18.8. The van der Waals surface area contributed by atoms with Gasteiger partial charge in [-0.05, 0) is 31.1 Å². The van der Waals surface area contributed by atoms with E-state index in [0.717, 1.165) is 37.9 Å². The molecule has 3 nitrogen and oxygen atoms in total. The van der Waals surface area contributed by atoms with Gasteiger partial charge in [-0.2, -0.15) is 0 Å². The van der Waals surface area contributed by atoms with E-state index < -0.39 is 0 Å². The summed E-state index contributed by atoms with van der Waals surface area (Å²) >= 11 is 0. The highest BCUT2D eigenvalue weighted by Crippen LogP contribution is 2.15. The third kappa shape index (κ3) is 5.92. The molecule has 2 N–H and O–H groups in total. The van der Waals surface area contributed by atoms with Crippen molar-refractivity contribution in [2.24, 2.45) is 22.6 Å². The molecule has 0 aromatic carbocycles. The third-order valence-corrected chi connectivity index (χ3v) is 3.09. The van der Waals surface area contributed by atoms with E-state index in [2.05, 4.69) is 30.7 Å². The maximum Gasteiger partial charge on any atom is 0.191 e. The second-order valence-corrected chi connectivity index (χ2v) is 5.09. The summed E-state index contributed by atoms with van der Waals surface area (Å²) in [7, 11) is 0. The zero-order valence-electron chi connectivity index (χ0n) is 10.8. The fourth-order valence-electron chi connectivity index (χ4n) is 1.77. The standard InChI is InChI=1S/C12H25N3.HI/c1-10(2)4-7-14-12(13)15-8-5-11(3)6-9-15;/h10-11H,4-9H2,1-3H3,(H2,13,14);1H. The van der Waals surface area contributed by atoms with Crippen molar-refractivity contribution in [3.05, 3.63) is 0 Å². The molecule has 0 unspecified atom stereocenters. The molecule has 0 aliphatic carbocycles. The van der Waals surface area contributed by atoms with Gasteiger partial charge in [0.2, 0.25) is 0 Å². The Kier molecular flexibility index (Phi) is 8.14. The molecule has 0 radical (unpaired) electrons. The molecule has 0 aromatic heterocycles. The van der Waals surface area contributed by atoms with Crippen LogP contribution < -0.4 is 5.73 Å². The minimum atomic E-state index is 0. The summed E-state index contributed by atoms with van der Waals surface area (Å²) in [6, 6.07) is 0. The Balaban J connectivity index is 0.00000225. The molecule has 1 rings (SSSR count). The molecule has 0 saturated carbocycles. The number of likely N-dealkylation sites (tertiary alicyclic amines) is 1. The SMILES string of the molecule is CC(C)CCN=C(N)N1CCC(C)CC1.I. The van der Waals surface area contributed by atoms with Gasteiger partial charge in [-0.25, -0.2) is 0 Å². The minimum absolute atomic E-state index is 0. The molecular formula is C12H26IN3. The van der Waals surface area contributed by atoms with E-state index in [-0.39, 0.29) is 24.0 Å². The number of aliphatic imine (C=N–C) groups is 1. The lowest BCUT2D eigenvalue weighted by atomic mass is 10.00. The predicted octanol–water partition coefficient (Wildman–Crippen LogP) is 2.70. The maximum absolute atomic E-state index is 5.96. The van der Waals surface area contributed by atoms with E-state index in [1.54, 1.807) is 0 Å². The van der Waals surface area contributed by atoms with Crippen molar-refractivity contribution in [1.82, 2.24) is 4.90 Å². The van der Waals surface area contributed by atoms with E-state index in [4.69, 9.17) is 5.73 Å². The number of hydrogen-bond acceptors (Lipinski definition) is 1. The summed E-state index contributed by atoms with van der Waals surface area (Å²) in [5.41, 5.74) is 5.96. The number of rotatable bonds is 3. The summed E-state index contributed by atoms with van der Waals surface area (Å²) in [6.07, 6.45) is 3.63. The van der Waals surface area contributed by atoms with Crippen LogP contribution in [0, 0.1) is 11.8 Å². The van der Waals surface area contributed by atoms with Gasteiger partial charge in [-0.15, -0.1) is 24.0 Å². The van der Waals surface area contributed by atoms with Gasteiger partial charge >= 0.3 is 0 Å². The van der Waals surface area contributed by atoms with Crippen LogP contribution in [0.25, 0.3) is 0 Å². The van der Waals surface area contributed by atoms with Crippen LogP contribution >= 0.6 is 24.0 Å². The zero-order chi connectivity index (χ0) is 11.3. The maximum atomic E-state index is 5.96. The lowest BCUT2D eigenvalue weighted by Gasteiger charge is -2.31. The van der Waals surface area contributed by atoms with Crippen LogP contribution in [0.1, 0.15) is 40.0 Å². The van der Waals surface area contributed by atoms with Crippen molar-refractivity contribution < 1.29 is 0 Å². The predicted molar refractivity (Wildman–Crippen MR) is 81.3 cm³/mol. The summed E-state index contributed by atoms with van der Waals surface area (Å²) in [5.74, 6) is 2.31. The molecule has 0 bridgehead atoms. The molecule has 4 heteroatoms. The minimum Gasteiger partial charge on any atom is -0.370 e. The average molecular weight is 339 g/mol. The van der Waals surface area contributed by atoms with Crippen LogP contribution in [0.4, 0.5) is 0 Å². The third-order valence-electron chi connectivity index (χ3n) is 3.09. The van der Waals surface area contributed by atoms with Crippen LogP contribution in [0.5, 0.6) is 0 Å². The Hall–Kier alpha value is 0. The van der Waals surface area contributed by atoms with Crippen LogP contribution in [0.3, 0.4) is 0 Å². The first-order valence-corrected chi connectivity index (χ1v) is 6.14. The zero-order valence-corrected chi connectivity index (χ0v) is 13.1. The van der Waals surface area contributed by atoms with Gasteiger partial charge in [0.05, 0.1) is 0 Å². The number of guanidine groups is 1. The molecule has 1 heterocycles. The summed E-state index contributed by atoms with van der Waals surface area (Å²) in [4.78, 5) is 6.66. The molecule has 0 atom stereocenters. The number of piperidine rings is 1. The average Bonchev–Trinajstić information content (AvgIpc) is 2.18. The van der Waals surface area contributed by atoms with Crippen molar-refractivity contribution in [1.29, 1.82) is 0 Å². The van der Waals surface area contributed by atoms with Crippen molar-refractivity contribution >= 4 is 29.9 Å². The fourth-order valence-corrected chi connectivity index (χ4v) is 1.77. The molecule has 0 aromatic rings. The Morgan fingerprint density at radius 1 is 1.38 bits per heavy atom. The molecule has 0 spiro atoms. The lowest BCUT2D eigenvalue weighted by Crippen LogP contribution is -2.42. The first-order valence-electron chi connectivity index (χ1n) is 6.14. The Morgan fingerprint density at radius 3 is 2.44 bits per heavy atom. The molecule has 16 heavy (non-hydrogen) atoms. The van der Waals surface area contributed by atoms with E-state index >= 15 is 0 Å². The van der Waals surface area contributed by atoms with Crippen LogP contribution in [0.15, 0.2) is 4.99 Å². The Morgan fingerprint density at radius 2 is 1.94 bits per heavy atom. The first kappa shape index (κ1) is 16.0. The quantitative estimate of drug-likeness (QED) is 0.488. The smallest absolute Gasteiger partial charge is 0.191 e. The molecule has 0 amide bonds. The number of halogens is 1. The van der Waals surface area contributed by atoms with E-state index in [0.29, 0.717) is 5.92 Å². The summed E-state index contributed by atoms with van der Waals surface area (Å²) in [5, 5.41) is 0. The Labute approximate surface area is 117 Å². The van der Waals surface area contributed by atoms with Crippen molar-refractivity contribution in [3.8, 4) is 0 Å². The highest BCUT2D eigenvalue weighted by atomic mass is 127. The van der Waals surface area contributed by atoms with Crippen LogP contribution in [0.2, 0.25) is 0 Å². The summed E-state index contributed by atoms with van der Waals surface area (Å²) in [6.45, 7) is 9.78. The summed E-state index contributed by atoms with van der Waals surface area (Å²) < 4.78 is 0. The molecule has 1 fully saturated rings. The lowest BCUT2D eigenvalue weighted by molar-refractivity contribution is 0.277. The molecule has 1 saturated heterocycles. The second-order valence-electron chi connectivity index (χ2n) is 5.09. The first-order chi connectivity index (χ1) is 7.09. The van der Waals surface area contributed by atoms with Gasteiger partial charge in [0.1, 0.15) is 0 Å². The van der Waals surface area contributed by atoms with Crippen LogP contribution in [-0.4, -0.2) is 30.5 Å². The van der Waals surface area contributed by atoms with Gasteiger partial charge in [0.25, 0.3) is 0 Å². The highest BCUT2D eigenvalue weighted by Gasteiger charge is 2.16. The largest absolute Gasteiger partial charge is 0.370 e. The Bertz CT molecular complexity index is 208. The monoisotopic (exact) mass is 339 g/mol. The van der Waals surface area contributed by atoms with E-state index in [1.165, 1.54) is 12.8 Å². The van der Waals surface area contributed by atoms with E-state index in [1.807, 2.05) is 0 Å². The highest BCUT2D eigenvalue weighted by molar-refractivity contribution is 14.0.